The molecule has 0 spiro atoms. The second-order valence-electron chi connectivity index (χ2n) is 5.77. The molecule has 6 nitrogen and oxygen atoms in total. The molecular formula is C15H24N2O4S. The molecule has 1 saturated heterocycles. The highest BCUT2D eigenvalue weighted by Gasteiger charge is 2.33. The number of rotatable bonds is 4. The monoisotopic (exact) mass is 328 g/mol. The van der Waals surface area contributed by atoms with Gasteiger partial charge in [0.2, 0.25) is 10.0 Å². The number of hydrogen-bond acceptors (Lipinski definition) is 5. The number of nitrogens with two attached hydrogens (primary N) is 1. The lowest BCUT2D eigenvalue weighted by Crippen LogP contribution is -2.48. The molecule has 1 aliphatic rings. The molecule has 124 valence electrons. The van der Waals surface area contributed by atoms with Crippen LogP contribution in [-0.2, 0) is 10.0 Å². The summed E-state index contributed by atoms with van der Waals surface area (Å²) < 4.78 is 37.8. The Morgan fingerprint density at radius 2 is 1.82 bits per heavy atom. The molecule has 1 heterocycles. The fourth-order valence-electron chi connectivity index (χ4n) is 2.72. The van der Waals surface area contributed by atoms with Crippen LogP contribution in [0, 0.1) is 12.8 Å². The van der Waals surface area contributed by atoms with Crippen molar-refractivity contribution in [2.45, 2.75) is 31.2 Å². The number of piperidine rings is 1. The minimum absolute atomic E-state index is 0.0537. The Bertz CT molecular complexity index is 645. The minimum Gasteiger partial charge on any atom is -0.493 e. The Labute approximate surface area is 132 Å². The number of ether oxygens (including phenoxy) is 2. The molecule has 2 unspecified atom stereocenters. The molecule has 2 N–H and O–H groups in total. The van der Waals surface area contributed by atoms with Gasteiger partial charge in [-0.05, 0) is 30.9 Å². The van der Waals surface area contributed by atoms with Crippen LogP contribution in [0.1, 0.15) is 18.9 Å². The van der Waals surface area contributed by atoms with Gasteiger partial charge in [-0.1, -0.05) is 6.92 Å². The Hall–Kier alpha value is -1.31. The van der Waals surface area contributed by atoms with Crippen molar-refractivity contribution in [1.29, 1.82) is 0 Å². The lowest BCUT2D eigenvalue weighted by Gasteiger charge is -2.34. The predicted octanol–water partition coefficient (Wildman–Crippen LogP) is 1.37. The van der Waals surface area contributed by atoms with E-state index in [4.69, 9.17) is 15.2 Å². The van der Waals surface area contributed by atoms with E-state index in [0.717, 1.165) is 0 Å². The van der Waals surface area contributed by atoms with Crippen molar-refractivity contribution < 1.29 is 17.9 Å². The fourth-order valence-corrected chi connectivity index (χ4v) is 4.50. The Morgan fingerprint density at radius 1 is 1.23 bits per heavy atom. The summed E-state index contributed by atoms with van der Waals surface area (Å²) in [6.45, 7) is 4.63. The summed E-state index contributed by atoms with van der Waals surface area (Å²) >= 11 is 0. The van der Waals surface area contributed by atoms with E-state index in [2.05, 4.69) is 0 Å². The second kappa shape index (κ2) is 6.44. The van der Waals surface area contributed by atoms with Gasteiger partial charge in [-0.15, -0.1) is 0 Å². The quantitative estimate of drug-likeness (QED) is 0.903. The van der Waals surface area contributed by atoms with Gasteiger partial charge in [0.05, 0.1) is 19.1 Å². The van der Waals surface area contributed by atoms with Crippen LogP contribution < -0.4 is 15.2 Å². The van der Waals surface area contributed by atoms with Gasteiger partial charge in [-0.25, -0.2) is 8.42 Å². The van der Waals surface area contributed by atoms with Crippen molar-refractivity contribution in [1.82, 2.24) is 4.31 Å². The highest BCUT2D eigenvalue weighted by atomic mass is 32.2. The summed E-state index contributed by atoms with van der Waals surface area (Å²) in [5, 5.41) is 0. The first-order valence-electron chi connectivity index (χ1n) is 7.29. The van der Waals surface area contributed by atoms with E-state index in [1.54, 1.807) is 13.0 Å². The van der Waals surface area contributed by atoms with E-state index < -0.39 is 10.0 Å². The van der Waals surface area contributed by atoms with Crippen LogP contribution in [0.15, 0.2) is 17.0 Å². The summed E-state index contributed by atoms with van der Waals surface area (Å²) in [6, 6.07) is 3.27. The maximum absolute atomic E-state index is 12.9. The highest BCUT2D eigenvalue weighted by molar-refractivity contribution is 7.89. The van der Waals surface area contributed by atoms with E-state index in [9.17, 15) is 8.42 Å². The Kier molecular flexibility index (Phi) is 4.99. The third kappa shape index (κ3) is 3.06. The van der Waals surface area contributed by atoms with E-state index in [0.29, 0.717) is 36.6 Å². The normalized spacial score (nSPS) is 23.3. The average molecular weight is 328 g/mol. The van der Waals surface area contributed by atoms with Gasteiger partial charge in [0.15, 0.2) is 11.5 Å². The molecule has 1 aliphatic heterocycles. The topological polar surface area (TPSA) is 81.9 Å². The summed E-state index contributed by atoms with van der Waals surface area (Å²) in [5.41, 5.74) is 6.62. The fraction of sp³-hybridized carbons (Fsp3) is 0.600. The van der Waals surface area contributed by atoms with Gasteiger partial charge < -0.3 is 15.2 Å². The van der Waals surface area contributed by atoms with Crippen LogP contribution in [0.3, 0.4) is 0 Å². The van der Waals surface area contributed by atoms with Crippen molar-refractivity contribution in [3.05, 3.63) is 17.7 Å². The summed E-state index contributed by atoms with van der Waals surface area (Å²) in [6.07, 6.45) is 0.673. The SMILES string of the molecule is COc1cc(C)c(S(=O)(=O)N2CCC(N)C(C)C2)cc1OC. The number of sulfonamides is 1. The third-order valence-electron chi connectivity index (χ3n) is 4.23. The summed E-state index contributed by atoms with van der Waals surface area (Å²) in [7, 11) is -0.546. The lowest BCUT2D eigenvalue weighted by molar-refractivity contribution is 0.250. The van der Waals surface area contributed by atoms with Gasteiger partial charge in [0.1, 0.15) is 0 Å². The standard InChI is InChI=1S/C15H24N2O4S/c1-10-7-13(20-3)14(21-4)8-15(10)22(18,19)17-6-5-12(16)11(2)9-17/h7-8,11-12H,5-6,9,16H2,1-4H3. The molecule has 1 fully saturated rings. The van der Waals surface area contributed by atoms with Crippen LogP contribution in [0.5, 0.6) is 11.5 Å². The smallest absolute Gasteiger partial charge is 0.243 e. The van der Waals surface area contributed by atoms with Crippen LogP contribution in [0.4, 0.5) is 0 Å². The molecule has 0 amide bonds. The average Bonchev–Trinajstić information content (AvgIpc) is 2.49. The molecule has 2 atom stereocenters. The van der Waals surface area contributed by atoms with E-state index >= 15 is 0 Å². The molecule has 0 saturated carbocycles. The van der Waals surface area contributed by atoms with Crippen LogP contribution in [-0.4, -0.2) is 46.1 Å². The molecule has 1 aromatic carbocycles. The maximum atomic E-state index is 12.9. The first kappa shape index (κ1) is 17.1. The van der Waals surface area contributed by atoms with E-state index in [-0.39, 0.29) is 16.9 Å². The second-order valence-corrected chi connectivity index (χ2v) is 7.67. The molecule has 0 radical (unpaired) electrons. The molecular weight excluding hydrogens is 304 g/mol. The van der Waals surface area contributed by atoms with Crippen molar-refractivity contribution in [3.8, 4) is 11.5 Å². The number of nitrogens with zero attached hydrogens (tertiary/aromatic N) is 1. The Balaban J connectivity index is 2.41. The van der Waals surface area contributed by atoms with Crippen molar-refractivity contribution in [3.63, 3.8) is 0 Å². The molecule has 2 rings (SSSR count). The molecule has 7 heteroatoms. The third-order valence-corrected chi connectivity index (χ3v) is 6.24. The van der Waals surface area contributed by atoms with E-state index in [1.165, 1.54) is 24.6 Å². The Morgan fingerprint density at radius 3 is 2.36 bits per heavy atom. The van der Waals surface area contributed by atoms with Gasteiger partial charge in [-0.3, -0.25) is 0 Å². The van der Waals surface area contributed by atoms with Gasteiger partial charge in [-0.2, -0.15) is 4.31 Å². The van der Waals surface area contributed by atoms with Crippen LogP contribution >= 0.6 is 0 Å². The van der Waals surface area contributed by atoms with Gasteiger partial charge >= 0.3 is 0 Å². The highest BCUT2D eigenvalue weighted by Crippen LogP contribution is 2.34. The first-order chi connectivity index (χ1) is 10.3. The maximum Gasteiger partial charge on any atom is 0.243 e. The number of benzene rings is 1. The number of aryl methyl sites for hydroxylation is 1. The zero-order valence-corrected chi connectivity index (χ0v) is 14.3. The summed E-state index contributed by atoms with van der Waals surface area (Å²) in [4.78, 5) is 0.257. The zero-order chi connectivity index (χ0) is 16.5. The largest absolute Gasteiger partial charge is 0.493 e. The zero-order valence-electron chi connectivity index (χ0n) is 13.5. The van der Waals surface area contributed by atoms with Crippen molar-refractivity contribution in [2.24, 2.45) is 11.7 Å². The lowest BCUT2D eigenvalue weighted by atomic mass is 9.96. The van der Waals surface area contributed by atoms with Gasteiger partial charge in [0.25, 0.3) is 0 Å². The molecule has 1 aromatic rings. The number of hydrogen-bond donors (Lipinski definition) is 1. The first-order valence-corrected chi connectivity index (χ1v) is 8.73. The molecule has 0 aromatic heterocycles. The van der Waals surface area contributed by atoms with Crippen molar-refractivity contribution in [2.75, 3.05) is 27.3 Å². The predicted molar refractivity (Wildman–Crippen MR) is 84.8 cm³/mol. The number of methoxy groups -OCH3 is 2. The van der Waals surface area contributed by atoms with E-state index in [1.807, 2.05) is 6.92 Å². The van der Waals surface area contributed by atoms with Crippen molar-refractivity contribution >= 4 is 10.0 Å². The molecule has 0 aliphatic carbocycles. The molecule has 22 heavy (non-hydrogen) atoms. The van der Waals surface area contributed by atoms with Crippen LogP contribution in [0.25, 0.3) is 0 Å². The molecule has 0 bridgehead atoms. The van der Waals surface area contributed by atoms with Gasteiger partial charge in [0, 0.05) is 25.2 Å². The minimum atomic E-state index is -3.56. The summed E-state index contributed by atoms with van der Waals surface area (Å²) in [5.74, 6) is 1.07. The van der Waals surface area contributed by atoms with Crippen LogP contribution in [0.2, 0.25) is 0 Å².